The number of hydrogen-bond donors (Lipinski definition) is 0. The number of nitrogens with zero attached hydrogens (tertiary/aromatic N) is 2. The average Bonchev–Trinajstić information content (AvgIpc) is 3.16. The number of aryl methyl sites for hydroxylation is 1. The average molecular weight is 337 g/mol. The van der Waals surface area contributed by atoms with Gasteiger partial charge in [0.2, 0.25) is 0 Å². The van der Waals surface area contributed by atoms with Crippen LogP contribution < -0.4 is 9.68 Å². The molecule has 1 aromatic rings. The summed E-state index contributed by atoms with van der Waals surface area (Å²) >= 11 is 0.395. The second-order valence-electron chi connectivity index (χ2n) is 5.98. The molecule has 122 valence electrons. The molecule has 0 unspecified atom stereocenters. The van der Waals surface area contributed by atoms with Crippen molar-refractivity contribution in [3.8, 4) is 0 Å². The lowest BCUT2D eigenvalue weighted by Gasteiger charge is -2.32. The first kappa shape index (κ1) is 6.05. The van der Waals surface area contributed by atoms with Crippen LogP contribution in [0, 0.1) is 12.7 Å². The highest BCUT2D eigenvalue weighted by molar-refractivity contribution is 7.25. The molecule has 2 aliphatic rings. The molecule has 3 rings (SSSR count). The molecule has 0 aromatic carbocycles. The Kier molecular flexibility index (Phi) is 1.51. The predicted octanol–water partition coefficient (Wildman–Crippen LogP) is 2.99. The zero-order chi connectivity index (χ0) is 29.2. The third kappa shape index (κ3) is 2.81. The highest BCUT2D eigenvalue weighted by atomic mass is 32.1. The van der Waals surface area contributed by atoms with E-state index in [2.05, 4.69) is 4.98 Å². The second-order valence-corrected chi connectivity index (χ2v) is 6.99. The minimum atomic E-state index is -3.91. The molecule has 0 saturated carbocycles. The van der Waals surface area contributed by atoms with Gasteiger partial charge >= 0.3 is 7.12 Å². The van der Waals surface area contributed by atoms with Gasteiger partial charge in [0.25, 0.3) is 0 Å². The van der Waals surface area contributed by atoms with Crippen LogP contribution in [0.4, 0.5) is 5.13 Å². The number of anilines is 1. The van der Waals surface area contributed by atoms with Gasteiger partial charge in [0.15, 0.2) is 5.13 Å². The van der Waals surface area contributed by atoms with Gasteiger partial charge in [-0.05, 0) is 53.2 Å². The van der Waals surface area contributed by atoms with Crippen molar-refractivity contribution in [1.82, 2.24) is 4.98 Å². The molecule has 0 spiro atoms. The van der Waals surface area contributed by atoms with Crippen molar-refractivity contribution < 1.29 is 29.9 Å². The van der Waals surface area contributed by atoms with Gasteiger partial charge in [-0.25, -0.2) is 4.98 Å². The van der Waals surface area contributed by atoms with Gasteiger partial charge in [-0.3, -0.25) is 0 Å². The summed E-state index contributed by atoms with van der Waals surface area (Å²) in [7, 11) is -1.33. The third-order valence-corrected chi connectivity index (χ3v) is 4.95. The molecule has 0 radical (unpaired) electrons. The second kappa shape index (κ2) is 5.50. The highest BCUT2D eigenvalue weighted by Gasteiger charge is 2.53. The molecule has 2 fully saturated rings. The molecule has 22 heavy (non-hydrogen) atoms. The van der Waals surface area contributed by atoms with Crippen molar-refractivity contribution in [2.45, 2.75) is 65.3 Å². The van der Waals surface area contributed by atoms with E-state index in [1.165, 1.54) is 0 Å². The maximum absolute atomic E-state index is 8.47. The van der Waals surface area contributed by atoms with Crippen LogP contribution in [-0.2, 0) is 9.31 Å². The minimum absolute atomic E-state index is 0.0484. The van der Waals surface area contributed by atoms with Crippen molar-refractivity contribution in [3.05, 3.63) is 5.69 Å². The molecular formula is C16H27BN2O2S. The maximum Gasteiger partial charge on any atom is 0.507 e. The largest absolute Gasteiger partial charge is 0.507 e. The van der Waals surface area contributed by atoms with E-state index in [0.717, 1.165) is 0 Å². The molecule has 0 aliphatic carbocycles. The van der Waals surface area contributed by atoms with Gasteiger partial charge < -0.3 is 14.2 Å². The van der Waals surface area contributed by atoms with Gasteiger partial charge in [-0.2, -0.15) is 0 Å². The Bertz CT molecular complexity index is 1040. The van der Waals surface area contributed by atoms with Crippen LogP contribution in [0.2, 0.25) is 0 Å². The van der Waals surface area contributed by atoms with E-state index in [4.69, 9.17) is 29.9 Å². The van der Waals surface area contributed by atoms with Gasteiger partial charge in [-0.1, -0.05) is 6.85 Å². The Morgan fingerprint density at radius 1 is 1.32 bits per heavy atom. The molecule has 2 aliphatic heterocycles. The summed E-state index contributed by atoms with van der Waals surface area (Å²) in [5.41, 5.74) is -2.51. The zero-order valence-electron chi connectivity index (χ0n) is 27.7. The fourth-order valence-electron chi connectivity index (χ4n) is 1.90. The predicted molar refractivity (Wildman–Crippen MR) is 93.2 cm³/mol. The first-order chi connectivity index (χ1) is 16.0. The highest BCUT2D eigenvalue weighted by Crippen LogP contribution is 2.37. The molecule has 6 heteroatoms. The van der Waals surface area contributed by atoms with E-state index in [1.807, 2.05) is 0 Å². The van der Waals surface area contributed by atoms with Crippen LogP contribution in [0.3, 0.4) is 0 Å². The summed E-state index contributed by atoms with van der Waals surface area (Å²) in [4.78, 5) is 3.84. The van der Waals surface area contributed by atoms with Gasteiger partial charge in [0.1, 0.15) is 0 Å². The van der Waals surface area contributed by atoms with E-state index in [1.54, 1.807) is 27.7 Å². The molecule has 0 atom stereocenters. The van der Waals surface area contributed by atoms with Crippen LogP contribution in [0.15, 0.2) is 0 Å². The molecule has 3 heterocycles. The SMILES string of the molecule is [2H]C([2H])([2H])c1nc(N2C([2H])([2H])C([2H])([2H])C([2H])(C([2H])([2H])[2H])C([2H])([2H])C2([2H])[2H])sc1B1OC(C)(C)C(C)(C)O1. The van der Waals surface area contributed by atoms with Crippen molar-refractivity contribution in [1.29, 1.82) is 0 Å². The van der Waals surface area contributed by atoms with E-state index < -0.39 is 74.5 Å². The quantitative estimate of drug-likeness (QED) is 0.777. The van der Waals surface area contributed by atoms with E-state index in [0.29, 0.717) is 11.3 Å². The third-order valence-electron chi connectivity index (χ3n) is 3.89. The summed E-state index contributed by atoms with van der Waals surface area (Å²) in [5, 5.41) is -0.786. The van der Waals surface area contributed by atoms with Crippen LogP contribution in [-0.4, -0.2) is 36.3 Å². The normalized spacial score (nSPS) is 46.8. The Labute approximate surface area is 159 Å². The van der Waals surface area contributed by atoms with Gasteiger partial charge in [0.05, 0.1) is 21.7 Å². The lowest BCUT2D eigenvalue weighted by atomic mass is 9.86. The molecule has 0 amide bonds. The standard InChI is InChI=1S/C16H27BN2O2S/c1-11-7-9-19(10-8-11)14-18-12(2)13(22-14)17-20-15(3,4)16(5,6)21-17/h11H,7-10H2,1-6H3/i1D3,2D3,7D2,8D2,9D2,10D2,11D. The summed E-state index contributed by atoms with van der Waals surface area (Å²) in [6, 6.07) is 0. The molecular weight excluding hydrogens is 295 g/mol. The van der Waals surface area contributed by atoms with Crippen LogP contribution in [0.25, 0.3) is 0 Å². The number of thiazole rings is 1. The number of rotatable bonds is 2. The molecule has 0 N–H and O–H groups in total. The lowest BCUT2D eigenvalue weighted by molar-refractivity contribution is 0.00578. The topological polar surface area (TPSA) is 34.6 Å². The zero-order valence-corrected chi connectivity index (χ0v) is 13.5. The molecule has 0 bridgehead atoms. The lowest BCUT2D eigenvalue weighted by Crippen LogP contribution is -2.41. The number of hydrogen-bond acceptors (Lipinski definition) is 5. The monoisotopic (exact) mass is 337 g/mol. The Morgan fingerprint density at radius 3 is 2.50 bits per heavy atom. The molecule has 1 aromatic heterocycles. The summed E-state index contributed by atoms with van der Waals surface area (Å²) in [6.07, 6.45) is -7.70. The van der Waals surface area contributed by atoms with Gasteiger partial charge in [0, 0.05) is 33.6 Å². The summed E-state index contributed by atoms with van der Waals surface area (Å²) in [6.45, 7) is -7.35. The van der Waals surface area contributed by atoms with Crippen molar-refractivity contribution in [3.63, 3.8) is 0 Å². The van der Waals surface area contributed by atoms with Crippen molar-refractivity contribution in [2.75, 3.05) is 17.9 Å². The fraction of sp³-hybridized carbons (Fsp3) is 0.812. The van der Waals surface area contributed by atoms with Crippen LogP contribution in [0.5, 0.6) is 0 Å². The Morgan fingerprint density at radius 2 is 1.95 bits per heavy atom. The van der Waals surface area contributed by atoms with Crippen molar-refractivity contribution in [2.24, 2.45) is 5.89 Å². The Balaban J connectivity index is 2.30. The van der Waals surface area contributed by atoms with Crippen LogP contribution >= 0.6 is 11.3 Å². The molecule has 2 saturated heterocycles. The summed E-state index contributed by atoms with van der Waals surface area (Å²) in [5.74, 6) is -3.91. The van der Waals surface area contributed by atoms with E-state index in [-0.39, 0.29) is 9.68 Å². The fourth-order valence-corrected chi connectivity index (χ4v) is 2.76. The van der Waals surface area contributed by atoms with E-state index in [9.17, 15) is 0 Å². The number of piperidine rings is 1. The molecule has 4 nitrogen and oxygen atoms in total. The maximum atomic E-state index is 8.47. The van der Waals surface area contributed by atoms with Gasteiger partial charge in [-0.15, -0.1) is 11.3 Å². The first-order valence-electron chi connectivity index (χ1n) is 14.2. The van der Waals surface area contributed by atoms with E-state index >= 15 is 0 Å². The number of aromatic nitrogens is 1. The Hall–Kier alpha value is -0.585. The van der Waals surface area contributed by atoms with Crippen molar-refractivity contribution >= 4 is 28.4 Å². The first-order valence-corrected chi connectivity index (χ1v) is 7.51. The minimum Gasteiger partial charge on any atom is -0.399 e. The van der Waals surface area contributed by atoms with Crippen LogP contribution in [0.1, 0.15) is 73.5 Å². The summed E-state index contributed by atoms with van der Waals surface area (Å²) < 4.78 is 134. The smallest absolute Gasteiger partial charge is 0.399 e.